The number of methoxy groups -OCH3 is 1. The first-order valence-electron chi connectivity index (χ1n) is 11.5. The molecule has 0 saturated heterocycles. The van der Waals surface area contributed by atoms with Gasteiger partial charge in [-0.3, -0.25) is 9.59 Å². The van der Waals surface area contributed by atoms with Crippen LogP contribution in [0.3, 0.4) is 0 Å². The van der Waals surface area contributed by atoms with Gasteiger partial charge in [0.05, 0.1) is 7.11 Å². The third kappa shape index (κ3) is 5.32. The van der Waals surface area contributed by atoms with Crippen LogP contribution in [0.25, 0.3) is 0 Å². The van der Waals surface area contributed by atoms with Crippen molar-refractivity contribution in [3.05, 3.63) is 33.2 Å². The number of rotatable bonds is 7. The molecule has 0 unspecified atom stereocenters. The smallest absolute Gasteiger partial charge is 0.328 e. The van der Waals surface area contributed by atoms with E-state index < -0.39 is 17.9 Å². The predicted octanol–water partition coefficient (Wildman–Crippen LogP) is 3.62. The van der Waals surface area contributed by atoms with Crippen LogP contribution in [0.5, 0.6) is 0 Å². The molecule has 1 aromatic heterocycles. The zero-order valence-corrected chi connectivity index (χ0v) is 18.7. The molecular weight excluding hydrogens is 380 g/mol. The van der Waals surface area contributed by atoms with Crippen LogP contribution in [0, 0.1) is 11.8 Å². The second-order valence-corrected chi connectivity index (χ2v) is 9.34. The van der Waals surface area contributed by atoms with Gasteiger partial charge in [-0.2, -0.15) is 0 Å². The Kier molecular flexibility index (Phi) is 7.73. The molecule has 1 heterocycles. The summed E-state index contributed by atoms with van der Waals surface area (Å²) < 4.78 is 6.74. The number of esters is 1. The number of ether oxygens (including phenoxy) is 1. The second kappa shape index (κ2) is 10.3. The molecule has 1 atom stereocenters. The van der Waals surface area contributed by atoms with E-state index in [1.807, 2.05) is 18.4 Å². The van der Waals surface area contributed by atoms with Gasteiger partial charge >= 0.3 is 5.97 Å². The molecule has 0 spiro atoms. The van der Waals surface area contributed by atoms with Gasteiger partial charge in [-0.15, -0.1) is 0 Å². The highest BCUT2D eigenvalue weighted by Crippen LogP contribution is 2.27. The van der Waals surface area contributed by atoms with Crippen LogP contribution in [0.4, 0.5) is 0 Å². The molecule has 1 N–H and O–H groups in total. The lowest BCUT2D eigenvalue weighted by molar-refractivity contribution is -0.143. The molecule has 0 aliphatic heterocycles. The van der Waals surface area contributed by atoms with Gasteiger partial charge in [0.2, 0.25) is 0 Å². The van der Waals surface area contributed by atoms with Crippen LogP contribution in [0.15, 0.2) is 10.9 Å². The summed E-state index contributed by atoms with van der Waals surface area (Å²) in [4.78, 5) is 38.6. The lowest BCUT2D eigenvalue weighted by atomic mass is 9.88. The van der Waals surface area contributed by atoms with Crippen LogP contribution < -0.4 is 10.9 Å². The lowest BCUT2D eigenvalue weighted by Gasteiger charge is -2.27. The van der Waals surface area contributed by atoms with E-state index in [0.29, 0.717) is 18.9 Å². The van der Waals surface area contributed by atoms with Crippen molar-refractivity contribution in [2.75, 3.05) is 7.11 Å². The van der Waals surface area contributed by atoms with Crippen LogP contribution in [-0.4, -0.2) is 29.6 Å². The molecule has 2 aliphatic rings. The second-order valence-electron chi connectivity index (χ2n) is 9.34. The number of aromatic nitrogens is 1. The number of amides is 1. The summed E-state index contributed by atoms with van der Waals surface area (Å²) in [6.07, 6.45) is 10.4. The van der Waals surface area contributed by atoms with E-state index >= 15 is 0 Å². The third-order valence-electron chi connectivity index (χ3n) is 6.51. The van der Waals surface area contributed by atoms with Gasteiger partial charge in [-0.25, -0.2) is 4.79 Å². The van der Waals surface area contributed by atoms with Crippen LogP contribution in [0.2, 0.25) is 0 Å². The minimum atomic E-state index is -0.746. The Morgan fingerprint density at radius 1 is 1.13 bits per heavy atom. The van der Waals surface area contributed by atoms with E-state index in [1.54, 1.807) is 6.07 Å². The standard InChI is InChI=1S/C24H36N2O4/c1-16(2)13-20(24(29)30-3)25-22(27)19-14-18-11-7-8-12-21(18)26(23(19)28)15-17-9-5-4-6-10-17/h14,16-17,20H,4-13,15H2,1-3H3,(H,25,27)/t20-/m0/s1. The number of fused-ring (bicyclic) bond motifs is 1. The van der Waals surface area contributed by atoms with E-state index in [9.17, 15) is 14.4 Å². The summed E-state index contributed by atoms with van der Waals surface area (Å²) >= 11 is 0. The summed E-state index contributed by atoms with van der Waals surface area (Å²) in [6.45, 7) is 4.67. The number of hydrogen-bond acceptors (Lipinski definition) is 4. The summed E-state index contributed by atoms with van der Waals surface area (Å²) in [5.74, 6) is -0.232. The zero-order chi connectivity index (χ0) is 21.7. The summed E-state index contributed by atoms with van der Waals surface area (Å²) in [5, 5.41) is 2.77. The number of aryl methyl sites for hydroxylation is 1. The Morgan fingerprint density at radius 2 is 1.83 bits per heavy atom. The predicted molar refractivity (Wildman–Crippen MR) is 117 cm³/mol. The van der Waals surface area contributed by atoms with Crippen molar-refractivity contribution >= 4 is 11.9 Å². The highest BCUT2D eigenvalue weighted by Gasteiger charge is 2.27. The largest absolute Gasteiger partial charge is 0.467 e. The van der Waals surface area contributed by atoms with Crippen LogP contribution in [0.1, 0.15) is 86.8 Å². The summed E-state index contributed by atoms with van der Waals surface area (Å²) in [5.41, 5.74) is 2.16. The first-order chi connectivity index (χ1) is 14.4. The molecule has 3 rings (SSSR count). The normalized spacial score (nSPS) is 18.0. The van der Waals surface area contributed by atoms with Crippen molar-refractivity contribution in [2.24, 2.45) is 11.8 Å². The van der Waals surface area contributed by atoms with Crippen molar-refractivity contribution in [3.63, 3.8) is 0 Å². The number of pyridine rings is 1. The lowest BCUT2D eigenvalue weighted by Crippen LogP contribution is -2.45. The molecule has 30 heavy (non-hydrogen) atoms. The van der Waals surface area contributed by atoms with Crippen molar-refractivity contribution in [3.8, 4) is 0 Å². The minimum absolute atomic E-state index is 0.157. The van der Waals surface area contributed by atoms with Crippen molar-refractivity contribution in [1.82, 2.24) is 9.88 Å². The zero-order valence-electron chi connectivity index (χ0n) is 18.7. The van der Waals surface area contributed by atoms with E-state index in [0.717, 1.165) is 49.8 Å². The number of carbonyl (C=O) groups is 2. The third-order valence-corrected chi connectivity index (χ3v) is 6.51. The molecular formula is C24H36N2O4. The quantitative estimate of drug-likeness (QED) is 0.689. The molecule has 0 radical (unpaired) electrons. The van der Waals surface area contributed by atoms with Gasteiger partial charge in [-0.05, 0) is 68.4 Å². The molecule has 1 aromatic rings. The Balaban J connectivity index is 1.91. The number of carbonyl (C=O) groups excluding carboxylic acids is 2. The molecule has 6 nitrogen and oxygen atoms in total. The fourth-order valence-corrected chi connectivity index (χ4v) is 4.93. The summed E-state index contributed by atoms with van der Waals surface area (Å²) in [6, 6.07) is 1.03. The summed E-state index contributed by atoms with van der Waals surface area (Å²) in [7, 11) is 1.32. The first-order valence-corrected chi connectivity index (χ1v) is 11.5. The maximum absolute atomic E-state index is 13.4. The maximum Gasteiger partial charge on any atom is 0.328 e. The SMILES string of the molecule is COC(=O)[C@H](CC(C)C)NC(=O)c1cc2c(n(CC3CCCCC3)c1=O)CCCC2. The molecule has 1 amide bonds. The molecule has 0 bridgehead atoms. The van der Waals surface area contributed by atoms with E-state index in [1.165, 1.54) is 26.4 Å². The molecule has 1 fully saturated rings. The number of nitrogens with zero attached hydrogens (tertiary/aromatic N) is 1. The van der Waals surface area contributed by atoms with Crippen molar-refractivity contribution in [2.45, 2.75) is 90.6 Å². The van der Waals surface area contributed by atoms with Gasteiger partial charge < -0.3 is 14.6 Å². The Labute approximate surface area is 179 Å². The topological polar surface area (TPSA) is 77.4 Å². The maximum atomic E-state index is 13.4. The molecule has 1 saturated carbocycles. The average Bonchev–Trinajstić information content (AvgIpc) is 2.74. The van der Waals surface area contributed by atoms with Crippen LogP contribution in [-0.2, 0) is 28.9 Å². The van der Waals surface area contributed by atoms with Gasteiger partial charge in [0.25, 0.3) is 11.5 Å². The molecule has 6 heteroatoms. The first kappa shape index (κ1) is 22.6. The number of hydrogen-bond donors (Lipinski definition) is 1. The van der Waals surface area contributed by atoms with Gasteiger partial charge in [0.1, 0.15) is 11.6 Å². The highest BCUT2D eigenvalue weighted by atomic mass is 16.5. The van der Waals surface area contributed by atoms with Crippen molar-refractivity contribution < 1.29 is 14.3 Å². The fraction of sp³-hybridized carbons (Fsp3) is 0.708. The van der Waals surface area contributed by atoms with Crippen molar-refractivity contribution in [1.29, 1.82) is 0 Å². The molecule has 0 aromatic carbocycles. The Morgan fingerprint density at radius 3 is 2.50 bits per heavy atom. The number of nitrogens with one attached hydrogen (secondary N) is 1. The Hall–Kier alpha value is -2.11. The molecule has 166 valence electrons. The fourth-order valence-electron chi connectivity index (χ4n) is 4.93. The Bertz CT molecular complexity index is 821. The average molecular weight is 417 g/mol. The van der Waals surface area contributed by atoms with Gasteiger partial charge in [0, 0.05) is 12.2 Å². The van der Waals surface area contributed by atoms with Gasteiger partial charge in [-0.1, -0.05) is 33.1 Å². The highest BCUT2D eigenvalue weighted by molar-refractivity contribution is 5.96. The minimum Gasteiger partial charge on any atom is -0.467 e. The van der Waals surface area contributed by atoms with E-state index in [4.69, 9.17) is 4.74 Å². The molecule has 2 aliphatic carbocycles. The van der Waals surface area contributed by atoms with Crippen LogP contribution >= 0.6 is 0 Å². The monoisotopic (exact) mass is 416 g/mol. The van der Waals surface area contributed by atoms with E-state index in [-0.39, 0.29) is 17.0 Å². The van der Waals surface area contributed by atoms with E-state index in [2.05, 4.69) is 5.32 Å². The van der Waals surface area contributed by atoms with Gasteiger partial charge in [0.15, 0.2) is 0 Å².